The van der Waals surface area contributed by atoms with Gasteiger partial charge in [0.05, 0.1) is 17.0 Å². The molecule has 4 aliphatic rings. The largest absolute Gasteiger partial charge is 0.385 e. The van der Waals surface area contributed by atoms with Crippen molar-refractivity contribution in [3.63, 3.8) is 0 Å². The third-order valence-corrected chi connectivity index (χ3v) is 10.2. The molecule has 1 amide bonds. The average molecular weight is 649 g/mol. The van der Waals surface area contributed by atoms with Crippen LogP contribution in [0.5, 0.6) is 0 Å². The molecule has 0 radical (unpaired) electrons. The van der Waals surface area contributed by atoms with Crippen LogP contribution in [0, 0.1) is 0 Å². The van der Waals surface area contributed by atoms with Gasteiger partial charge < -0.3 is 19.8 Å². The highest BCUT2D eigenvalue weighted by molar-refractivity contribution is 6.30. The number of allylic oxidation sites excluding steroid dienone is 2. The number of hydrogen-bond donors (Lipinski definition) is 1. The van der Waals surface area contributed by atoms with E-state index < -0.39 is 5.60 Å². The van der Waals surface area contributed by atoms with Crippen molar-refractivity contribution < 1.29 is 9.90 Å². The van der Waals surface area contributed by atoms with Gasteiger partial charge in [0.15, 0.2) is 5.84 Å². The Morgan fingerprint density at radius 2 is 1.83 bits per heavy atom. The summed E-state index contributed by atoms with van der Waals surface area (Å²) in [5.41, 5.74) is 3.62. The SMILES string of the molecule is CCC1CC(=Nc2ccc(C(=O)N3CCCC(c4ccccn4)C3)cc2)N=C2C(N3CCC(O)(c4ccc(Cl)cc4)CC3)=CC=CN21. The first-order valence-corrected chi connectivity index (χ1v) is 17.1. The van der Waals surface area contributed by atoms with Gasteiger partial charge in [-0.05, 0) is 98.4 Å². The number of likely N-dealkylation sites (tertiary alicyclic amines) is 2. The quantitative estimate of drug-likeness (QED) is 0.309. The summed E-state index contributed by atoms with van der Waals surface area (Å²) in [5, 5.41) is 12.1. The Balaban J connectivity index is 1.06. The zero-order valence-corrected chi connectivity index (χ0v) is 27.6. The molecule has 8 nitrogen and oxygen atoms in total. The van der Waals surface area contributed by atoms with Crippen LogP contribution in [0.15, 0.2) is 107 Å². The highest BCUT2D eigenvalue weighted by atomic mass is 35.5. The zero-order valence-electron chi connectivity index (χ0n) is 26.8. The van der Waals surface area contributed by atoms with Gasteiger partial charge in [0.2, 0.25) is 0 Å². The van der Waals surface area contributed by atoms with Crippen LogP contribution >= 0.6 is 11.6 Å². The number of halogens is 1. The van der Waals surface area contributed by atoms with E-state index in [1.807, 2.05) is 71.8 Å². The van der Waals surface area contributed by atoms with Crippen molar-refractivity contribution in [3.8, 4) is 0 Å². The fourth-order valence-corrected chi connectivity index (χ4v) is 7.37. The van der Waals surface area contributed by atoms with Crippen molar-refractivity contribution in [1.82, 2.24) is 19.7 Å². The number of amides is 1. The summed E-state index contributed by atoms with van der Waals surface area (Å²) >= 11 is 6.09. The lowest BCUT2D eigenvalue weighted by Gasteiger charge is -2.44. The van der Waals surface area contributed by atoms with Gasteiger partial charge in [-0.1, -0.05) is 36.7 Å². The van der Waals surface area contributed by atoms with Gasteiger partial charge in [-0.3, -0.25) is 9.78 Å². The van der Waals surface area contributed by atoms with Gasteiger partial charge in [0, 0.05) is 73.2 Å². The lowest BCUT2D eigenvalue weighted by Crippen LogP contribution is -2.49. The van der Waals surface area contributed by atoms with Crippen LogP contribution in [0.2, 0.25) is 5.02 Å². The number of aromatic nitrogens is 1. The Morgan fingerprint density at radius 1 is 1.04 bits per heavy atom. The second-order valence-corrected chi connectivity index (χ2v) is 13.4. The van der Waals surface area contributed by atoms with Crippen molar-refractivity contribution >= 4 is 34.9 Å². The van der Waals surface area contributed by atoms with Gasteiger partial charge in [0.1, 0.15) is 5.84 Å². The summed E-state index contributed by atoms with van der Waals surface area (Å²) in [6.45, 7) is 5.08. The molecule has 2 aromatic carbocycles. The summed E-state index contributed by atoms with van der Waals surface area (Å²) < 4.78 is 0. The first-order valence-electron chi connectivity index (χ1n) is 16.8. The molecular formula is C38H41ClN6O2. The zero-order chi connectivity index (χ0) is 32.4. The van der Waals surface area contributed by atoms with Crippen molar-refractivity contribution in [2.45, 2.75) is 63.0 Å². The molecule has 4 aliphatic heterocycles. The topological polar surface area (TPSA) is 84.6 Å². The van der Waals surface area contributed by atoms with Crippen molar-refractivity contribution in [2.24, 2.45) is 9.98 Å². The van der Waals surface area contributed by atoms with E-state index in [0.29, 0.717) is 43.1 Å². The summed E-state index contributed by atoms with van der Waals surface area (Å²) in [5.74, 6) is 2.01. The Labute approximate surface area is 281 Å². The molecule has 2 unspecified atom stereocenters. The lowest BCUT2D eigenvalue weighted by atomic mass is 9.84. The molecule has 1 N–H and O–H groups in total. The summed E-state index contributed by atoms with van der Waals surface area (Å²) in [6, 6.07) is 21.4. The van der Waals surface area contributed by atoms with E-state index in [9.17, 15) is 9.90 Å². The van der Waals surface area contributed by atoms with Crippen molar-refractivity contribution in [2.75, 3.05) is 26.2 Å². The van der Waals surface area contributed by atoms with E-state index in [4.69, 9.17) is 21.6 Å². The number of carbonyl (C=O) groups excluding carboxylic acids is 1. The highest BCUT2D eigenvalue weighted by Gasteiger charge is 2.38. The Bertz CT molecular complexity index is 1710. The number of benzene rings is 2. The van der Waals surface area contributed by atoms with Crippen LogP contribution in [-0.4, -0.2) is 74.6 Å². The molecule has 0 spiro atoms. The molecule has 1 aromatic heterocycles. The van der Waals surface area contributed by atoms with E-state index in [0.717, 1.165) is 66.5 Å². The van der Waals surface area contributed by atoms with Gasteiger partial charge in [-0.15, -0.1) is 0 Å². The number of amidine groups is 2. The molecule has 7 rings (SSSR count). The number of piperidine rings is 2. The fraction of sp³-hybridized carbons (Fsp3) is 0.368. The summed E-state index contributed by atoms with van der Waals surface area (Å²) in [7, 11) is 0. The van der Waals surface area contributed by atoms with E-state index >= 15 is 0 Å². The number of aliphatic imine (C=N–C) groups is 2. The summed E-state index contributed by atoms with van der Waals surface area (Å²) in [6.07, 6.45) is 13.1. The molecule has 242 valence electrons. The average Bonchev–Trinajstić information content (AvgIpc) is 3.12. The number of pyridine rings is 1. The maximum atomic E-state index is 13.4. The number of rotatable bonds is 6. The number of hydrogen-bond acceptors (Lipinski definition) is 6. The first-order chi connectivity index (χ1) is 22.9. The van der Waals surface area contributed by atoms with Crippen LogP contribution < -0.4 is 0 Å². The normalized spacial score (nSPS) is 23.3. The molecule has 2 saturated heterocycles. The van der Waals surface area contributed by atoms with E-state index in [1.165, 1.54) is 0 Å². The third kappa shape index (κ3) is 6.62. The number of aliphatic hydroxyl groups is 1. The van der Waals surface area contributed by atoms with Gasteiger partial charge in [0.25, 0.3) is 5.91 Å². The maximum Gasteiger partial charge on any atom is 0.253 e. The van der Waals surface area contributed by atoms with Crippen LogP contribution in [0.4, 0.5) is 5.69 Å². The minimum absolute atomic E-state index is 0.0534. The van der Waals surface area contributed by atoms with Crippen molar-refractivity contribution in [1.29, 1.82) is 0 Å². The van der Waals surface area contributed by atoms with E-state index in [1.54, 1.807) is 0 Å². The predicted octanol–water partition coefficient (Wildman–Crippen LogP) is 7.06. The summed E-state index contributed by atoms with van der Waals surface area (Å²) in [4.78, 5) is 34.6. The van der Waals surface area contributed by atoms with Gasteiger partial charge >= 0.3 is 0 Å². The van der Waals surface area contributed by atoms with E-state index in [-0.39, 0.29) is 17.9 Å². The molecule has 0 aliphatic carbocycles. The molecule has 5 heterocycles. The molecular weight excluding hydrogens is 608 g/mol. The van der Waals surface area contributed by atoms with Crippen LogP contribution in [0.25, 0.3) is 0 Å². The molecule has 2 atom stereocenters. The Hall–Kier alpha value is -4.27. The van der Waals surface area contributed by atoms with Gasteiger partial charge in [-0.2, -0.15) is 0 Å². The van der Waals surface area contributed by atoms with Gasteiger partial charge in [-0.25, -0.2) is 9.98 Å². The molecule has 0 saturated carbocycles. The Morgan fingerprint density at radius 3 is 2.55 bits per heavy atom. The molecule has 3 aromatic rings. The lowest BCUT2D eigenvalue weighted by molar-refractivity contribution is -0.0177. The maximum absolute atomic E-state index is 13.4. The third-order valence-electron chi connectivity index (χ3n) is 9.99. The van der Waals surface area contributed by atoms with Crippen LogP contribution in [-0.2, 0) is 5.60 Å². The second-order valence-electron chi connectivity index (χ2n) is 12.9. The van der Waals surface area contributed by atoms with Crippen LogP contribution in [0.1, 0.15) is 73.0 Å². The van der Waals surface area contributed by atoms with E-state index in [2.05, 4.69) is 46.1 Å². The predicted molar refractivity (Wildman–Crippen MR) is 187 cm³/mol. The standard InChI is InChI=1S/C38H41ClN6O2/c1-2-32-25-35(41-31-16-10-27(11-17-31)37(46)44-21-5-7-28(26-44)33-8-3-4-20-40-33)42-36-34(9-6-22-45(32)36)43-23-18-38(47,19-24-43)29-12-14-30(39)15-13-29/h3-4,6,8-17,20,22,28,32,47H,2,5,7,18-19,21,23-26H2,1H3. The number of nitrogens with zero attached hydrogens (tertiary/aromatic N) is 6. The first kappa shape index (κ1) is 31.3. The second kappa shape index (κ2) is 13.5. The molecule has 2 fully saturated rings. The fourth-order valence-electron chi connectivity index (χ4n) is 7.25. The molecule has 47 heavy (non-hydrogen) atoms. The Kier molecular flexibility index (Phi) is 8.97. The minimum Gasteiger partial charge on any atom is -0.385 e. The minimum atomic E-state index is -0.874. The van der Waals surface area contributed by atoms with Crippen LogP contribution in [0.3, 0.4) is 0 Å². The molecule has 9 heteroatoms. The smallest absolute Gasteiger partial charge is 0.253 e. The highest BCUT2D eigenvalue weighted by Crippen LogP contribution is 2.36. The molecule has 0 bridgehead atoms. The number of carbonyl (C=O) groups is 1. The number of fused-ring (bicyclic) bond motifs is 1. The van der Waals surface area contributed by atoms with Crippen molar-refractivity contribution in [3.05, 3.63) is 119 Å². The monoisotopic (exact) mass is 648 g/mol.